The summed E-state index contributed by atoms with van der Waals surface area (Å²) >= 11 is 6.06. The zero-order chi connectivity index (χ0) is 23.0. The number of nitro benzene ring substituents is 1. The van der Waals surface area contributed by atoms with Crippen molar-refractivity contribution < 1.29 is 14.6 Å². The van der Waals surface area contributed by atoms with Crippen molar-refractivity contribution in [2.24, 2.45) is 10.6 Å². The van der Waals surface area contributed by atoms with E-state index in [1.54, 1.807) is 0 Å². The molecule has 1 aliphatic rings. The Balaban J connectivity index is 1.66. The molecule has 4 rings (SSSR count). The maximum absolute atomic E-state index is 12.5. The van der Waals surface area contributed by atoms with Crippen LogP contribution in [0.5, 0.6) is 0 Å². The predicted octanol–water partition coefficient (Wildman–Crippen LogP) is 5.88. The molecule has 0 radical (unpaired) electrons. The van der Waals surface area contributed by atoms with Crippen LogP contribution in [0.25, 0.3) is 5.69 Å². The minimum Gasteiger partial charge on any atom is -0.318 e. The van der Waals surface area contributed by atoms with Crippen molar-refractivity contribution in [2.75, 3.05) is 0 Å². The van der Waals surface area contributed by atoms with E-state index in [-0.39, 0.29) is 16.7 Å². The van der Waals surface area contributed by atoms with Crippen LogP contribution in [0, 0.1) is 22.5 Å². The monoisotopic (exact) mass is 451 g/mol. The molecule has 0 amide bonds. The van der Waals surface area contributed by atoms with Gasteiger partial charge in [-0.25, -0.2) is 4.79 Å². The standard InChI is InChI=1S/C24H22ClN3O4/c1-15-12-20-21(26-32-23(29)16-4-8-19(9-5-16)28(30)31)13-24(2,3)14-22(20)27(15)18-10-6-17(25)7-11-18/h4-12H,13-14H2,1-3H3/b26-21+. The Labute approximate surface area is 190 Å². The van der Waals surface area contributed by atoms with Gasteiger partial charge in [-0.3, -0.25) is 10.1 Å². The van der Waals surface area contributed by atoms with E-state index in [0.717, 1.165) is 29.1 Å². The number of halogens is 1. The third-order valence-corrected chi connectivity index (χ3v) is 5.78. The lowest BCUT2D eigenvalue weighted by molar-refractivity contribution is -0.384. The largest absolute Gasteiger partial charge is 0.365 e. The average Bonchev–Trinajstić information content (AvgIpc) is 3.07. The highest BCUT2D eigenvalue weighted by atomic mass is 35.5. The summed E-state index contributed by atoms with van der Waals surface area (Å²) in [5.74, 6) is -0.661. The first-order valence-corrected chi connectivity index (χ1v) is 10.5. The lowest BCUT2D eigenvalue weighted by atomic mass is 9.76. The molecule has 0 unspecified atom stereocenters. The molecular weight excluding hydrogens is 430 g/mol. The number of rotatable bonds is 4. The maximum atomic E-state index is 12.5. The number of benzene rings is 2. The third kappa shape index (κ3) is 4.29. The third-order valence-electron chi connectivity index (χ3n) is 5.53. The summed E-state index contributed by atoms with van der Waals surface area (Å²) in [6.45, 7) is 6.33. The van der Waals surface area contributed by atoms with Crippen LogP contribution in [0.2, 0.25) is 5.02 Å². The van der Waals surface area contributed by atoms with Crippen LogP contribution in [0.3, 0.4) is 0 Å². The van der Waals surface area contributed by atoms with Gasteiger partial charge < -0.3 is 9.40 Å². The van der Waals surface area contributed by atoms with Crippen molar-refractivity contribution in [2.45, 2.75) is 33.6 Å². The van der Waals surface area contributed by atoms with Gasteiger partial charge in [0.05, 0.1) is 16.2 Å². The van der Waals surface area contributed by atoms with Crippen LogP contribution in [0.1, 0.15) is 47.6 Å². The average molecular weight is 452 g/mol. The second kappa shape index (κ2) is 8.24. The molecule has 1 aliphatic carbocycles. The van der Waals surface area contributed by atoms with Crippen molar-refractivity contribution in [3.05, 3.63) is 92.2 Å². The Morgan fingerprint density at radius 3 is 2.41 bits per heavy atom. The molecule has 0 spiro atoms. The van der Waals surface area contributed by atoms with Crippen LogP contribution >= 0.6 is 11.6 Å². The van der Waals surface area contributed by atoms with Crippen molar-refractivity contribution in [1.29, 1.82) is 0 Å². The number of nitro groups is 1. The Hall–Kier alpha value is -3.45. The van der Waals surface area contributed by atoms with Gasteiger partial charge in [0.2, 0.25) is 0 Å². The molecule has 2 aromatic carbocycles. The number of carbonyl (C=O) groups excluding carboxylic acids is 1. The molecule has 0 bridgehead atoms. The molecule has 1 aromatic heterocycles. The number of aromatic nitrogens is 1. The van der Waals surface area contributed by atoms with E-state index in [1.165, 1.54) is 24.3 Å². The Kier molecular flexibility index (Phi) is 5.60. The Morgan fingerprint density at radius 2 is 1.78 bits per heavy atom. The lowest BCUT2D eigenvalue weighted by Crippen LogP contribution is -2.28. The van der Waals surface area contributed by atoms with E-state index in [2.05, 4.69) is 29.6 Å². The summed E-state index contributed by atoms with van der Waals surface area (Å²) in [4.78, 5) is 28.0. The van der Waals surface area contributed by atoms with Gasteiger partial charge in [0, 0.05) is 39.8 Å². The molecule has 7 nitrogen and oxygen atoms in total. The maximum Gasteiger partial charge on any atom is 0.365 e. The molecule has 0 atom stereocenters. The van der Waals surface area contributed by atoms with Gasteiger partial charge in [-0.2, -0.15) is 0 Å². The van der Waals surface area contributed by atoms with E-state index in [1.807, 2.05) is 31.2 Å². The van der Waals surface area contributed by atoms with E-state index < -0.39 is 10.9 Å². The topological polar surface area (TPSA) is 86.7 Å². The Bertz CT molecular complexity index is 1230. The first-order chi connectivity index (χ1) is 15.1. The van der Waals surface area contributed by atoms with E-state index in [9.17, 15) is 14.9 Å². The molecule has 3 aromatic rings. The van der Waals surface area contributed by atoms with Gasteiger partial charge >= 0.3 is 5.97 Å². The first-order valence-electron chi connectivity index (χ1n) is 10.1. The second-order valence-corrected chi connectivity index (χ2v) is 9.13. The number of hydrogen-bond donors (Lipinski definition) is 0. The fourth-order valence-corrected chi connectivity index (χ4v) is 4.20. The SMILES string of the molecule is Cc1cc2c(n1-c1ccc(Cl)cc1)CC(C)(C)C/C2=N\OC(=O)c1ccc([N+](=O)[O-])cc1. The molecule has 0 saturated heterocycles. The van der Waals surface area contributed by atoms with Crippen LogP contribution in [-0.4, -0.2) is 21.2 Å². The molecule has 32 heavy (non-hydrogen) atoms. The van der Waals surface area contributed by atoms with Crippen LogP contribution in [0.4, 0.5) is 5.69 Å². The number of nitrogens with zero attached hydrogens (tertiary/aromatic N) is 3. The molecule has 1 heterocycles. The van der Waals surface area contributed by atoms with Crippen LogP contribution in [0.15, 0.2) is 59.8 Å². The number of oxime groups is 1. The van der Waals surface area contributed by atoms with Crippen LogP contribution in [-0.2, 0) is 11.3 Å². The predicted molar refractivity (Wildman–Crippen MR) is 123 cm³/mol. The second-order valence-electron chi connectivity index (χ2n) is 8.70. The molecular formula is C24H22ClN3O4. The summed E-state index contributed by atoms with van der Waals surface area (Å²) < 4.78 is 2.18. The zero-order valence-corrected chi connectivity index (χ0v) is 18.7. The summed E-state index contributed by atoms with van der Waals surface area (Å²) in [5, 5.41) is 15.7. The molecule has 164 valence electrons. The quantitative estimate of drug-likeness (QED) is 0.281. The minimum absolute atomic E-state index is 0.0828. The Morgan fingerprint density at radius 1 is 1.12 bits per heavy atom. The van der Waals surface area contributed by atoms with E-state index >= 15 is 0 Å². The summed E-state index contributed by atoms with van der Waals surface area (Å²) in [7, 11) is 0. The summed E-state index contributed by atoms with van der Waals surface area (Å²) in [5.41, 5.74) is 4.83. The number of fused-ring (bicyclic) bond motifs is 1. The number of carbonyl (C=O) groups is 1. The molecule has 0 aliphatic heterocycles. The lowest BCUT2D eigenvalue weighted by Gasteiger charge is -2.31. The summed E-state index contributed by atoms with van der Waals surface area (Å²) in [6, 6.07) is 15.0. The van der Waals surface area contributed by atoms with Gasteiger partial charge in [-0.1, -0.05) is 30.6 Å². The minimum atomic E-state index is -0.661. The van der Waals surface area contributed by atoms with Crippen molar-refractivity contribution in [1.82, 2.24) is 4.57 Å². The van der Waals surface area contributed by atoms with E-state index in [0.29, 0.717) is 17.2 Å². The van der Waals surface area contributed by atoms with Gasteiger partial charge in [0.25, 0.3) is 5.69 Å². The van der Waals surface area contributed by atoms with Gasteiger partial charge in [0.1, 0.15) is 0 Å². The van der Waals surface area contributed by atoms with Gasteiger partial charge in [0.15, 0.2) is 0 Å². The zero-order valence-electron chi connectivity index (χ0n) is 18.0. The molecule has 0 saturated carbocycles. The van der Waals surface area contributed by atoms with Crippen LogP contribution < -0.4 is 0 Å². The van der Waals surface area contributed by atoms with Gasteiger partial charge in [-0.05, 0) is 67.6 Å². The highest BCUT2D eigenvalue weighted by molar-refractivity contribution is 6.30. The van der Waals surface area contributed by atoms with E-state index in [4.69, 9.17) is 16.4 Å². The fourth-order valence-electron chi connectivity index (χ4n) is 4.08. The smallest absolute Gasteiger partial charge is 0.318 e. The normalized spacial score (nSPS) is 15.9. The molecule has 0 fully saturated rings. The number of non-ortho nitro benzene ring substituents is 1. The van der Waals surface area contributed by atoms with Crippen molar-refractivity contribution >= 4 is 29.0 Å². The highest BCUT2D eigenvalue weighted by Crippen LogP contribution is 2.38. The molecule has 0 N–H and O–H groups in total. The number of aryl methyl sites for hydroxylation is 1. The highest BCUT2D eigenvalue weighted by Gasteiger charge is 2.33. The van der Waals surface area contributed by atoms with Crippen molar-refractivity contribution in [3.8, 4) is 5.69 Å². The van der Waals surface area contributed by atoms with Crippen molar-refractivity contribution in [3.63, 3.8) is 0 Å². The van der Waals surface area contributed by atoms with Gasteiger partial charge in [-0.15, -0.1) is 0 Å². The number of hydrogen-bond acceptors (Lipinski definition) is 5. The first kappa shape index (κ1) is 21.8. The fraction of sp³-hybridized carbons (Fsp3) is 0.250. The molecule has 8 heteroatoms. The summed E-state index contributed by atoms with van der Waals surface area (Å²) in [6.07, 6.45) is 1.49.